The fraction of sp³-hybridized carbons (Fsp3) is 0.667. The predicted octanol–water partition coefficient (Wildman–Crippen LogP) is -2.43. The average Bonchev–Trinajstić information content (AvgIpc) is 2.90. The summed E-state index contributed by atoms with van der Waals surface area (Å²) >= 11 is 0. The van der Waals surface area contributed by atoms with Crippen LogP contribution in [0.3, 0.4) is 0 Å². The summed E-state index contributed by atoms with van der Waals surface area (Å²) in [5.74, 6) is -5.04. The molecule has 0 bridgehead atoms. The van der Waals surface area contributed by atoms with Gasteiger partial charge in [-0.1, -0.05) is 64.8 Å². The van der Waals surface area contributed by atoms with Gasteiger partial charge in [0.2, 0.25) is 0 Å². The Morgan fingerprint density at radius 1 is 0.341 bits per heavy atom. The number of aliphatic carboxylic acids is 6. The molecule has 18 nitrogen and oxygen atoms in total. The van der Waals surface area contributed by atoms with E-state index in [0.29, 0.717) is 0 Å². The summed E-state index contributed by atoms with van der Waals surface area (Å²) in [4.78, 5) is 61.6. The van der Waals surface area contributed by atoms with Crippen LogP contribution in [0.25, 0.3) is 0 Å². The molecule has 0 aromatic heterocycles. The fourth-order valence-corrected chi connectivity index (χ4v) is 7.84. The van der Waals surface area contributed by atoms with Crippen LogP contribution in [0, 0.1) is 83.5 Å². The molecule has 0 spiro atoms. The largest absolute Gasteiger partial charge is 0.480 e. The number of carboxylic acids is 6. The van der Waals surface area contributed by atoms with E-state index in [1.807, 2.05) is 0 Å². The second kappa shape index (κ2) is 34.3. The van der Waals surface area contributed by atoms with Crippen molar-refractivity contribution in [2.75, 3.05) is 34.5 Å². The number of nitrogens with two attached hydrogens (primary N) is 6. The topological polar surface area (TPSA) is 380 Å². The van der Waals surface area contributed by atoms with Crippen molar-refractivity contribution in [3.63, 3.8) is 0 Å². The fourth-order valence-electron chi connectivity index (χ4n) is 1.16. The van der Waals surface area contributed by atoms with Crippen LogP contribution in [0.4, 0.5) is 0 Å². The molecule has 0 amide bonds. The van der Waals surface area contributed by atoms with Crippen molar-refractivity contribution < 1.29 is 143 Å². The molecule has 0 heterocycles. The third-order valence-electron chi connectivity index (χ3n) is 3.64. The second-order valence-electron chi connectivity index (χ2n) is 7.38. The zero-order valence-corrected chi connectivity index (χ0v) is 33.9. The Kier molecular flexibility index (Phi) is 42.8. The van der Waals surface area contributed by atoms with Crippen LogP contribution < -0.4 is 34.4 Å². The van der Waals surface area contributed by atoms with Gasteiger partial charge in [0, 0.05) is 118 Å². The summed E-state index contributed by atoms with van der Waals surface area (Å²) in [7, 11) is 7.22. The summed E-state index contributed by atoms with van der Waals surface area (Å²) in [6, 6.07) is -5.54. The van der Waals surface area contributed by atoms with Gasteiger partial charge in [-0.3, -0.25) is 28.8 Å². The Bertz CT molecular complexity index is 692. The van der Waals surface area contributed by atoms with Crippen molar-refractivity contribution in [3.8, 4) is 0 Å². The standard InChI is InChI=1S/3C6H12N2O4S2.2Ce/c3*7-3(5(9)10)1-13-14-2-4(8)6(11)12;;/h3*3-4H,1-2,7-8H2,(H,9,10)(H,11,12);;/t3*3-,4-;;/m000../s1. The Balaban J connectivity index is -0.000000169. The molecule has 0 saturated carbocycles. The zero-order valence-electron chi connectivity index (χ0n) is 22.8. The molecule has 0 unspecified atom stereocenters. The van der Waals surface area contributed by atoms with Crippen LogP contribution in [0.2, 0.25) is 0 Å². The number of rotatable bonds is 21. The van der Waals surface area contributed by atoms with Gasteiger partial charge in [-0.15, -0.1) is 0 Å². The number of carbonyl (C=O) groups is 6. The molecule has 26 heteroatoms. The molecule has 0 aromatic rings. The molecule has 0 aliphatic rings. The first-order valence-electron chi connectivity index (χ1n) is 11.0. The van der Waals surface area contributed by atoms with E-state index in [4.69, 9.17) is 65.0 Å². The van der Waals surface area contributed by atoms with E-state index in [2.05, 4.69) is 0 Å². The summed E-state index contributed by atoms with van der Waals surface area (Å²) in [6.45, 7) is 0. The van der Waals surface area contributed by atoms with Crippen molar-refractivity contribution in [3.05, 3.63) is 0 Å². The molecule has 0 aliphatic carbocycles. The molecule has 0 radical (unpaired) electrons. The van der Waals surface area contributed by atoms with E-state index < -0.39 is 72.1 Å². The predicted molar refractivity (Wildman–Crippen MR) is 168 cm³/mol. The molecule has 6 atom stereocenters. The molecule has 254 valence electrons. The summed E-state index contributed by atoms with van der Waals surface area (Å²) in [6.07, 6.45) is 0. The molecule has 0 rings (SSSR count). The van der Waals surface area contributed by atoms with Crippen LogP contribution >= 0.6 is 64.8 Å². The minimum atomic E-state index is -1.07. The molecule has 0 aromatic carbocycles. The van der Waals surface area contributed by atoms with Gasteiger partial charge >= 0.3 is 35.8 Å². The van der Waals surface area contributed by atoms with Gasteiger partial charge < -0.3 is 65.0 Å². The van der Waals surface area contributed by atoms with Gasteiger partial charge in [0.15, 0.2) is 0 Å². The van der Waals surface area contributed by atoms with Crippen LogP contribution in [-0.2, 0) is 28.8 Å². The van der Waals surface area contributed by atoms with Crippen molar-refractivity contribution in [2.45, 2.75) is 36.3 Å². The normalized spacial score (nSPS) is 14.0. The third kappa shape index (κ3) is 36.3. The minimum Gasteiger partial charge on any atom is -0.480 e. The van der Waals surface area contributed by atoms with Crippen molar-refractivity contribution >= 4 is 101 Å². The SMILES string of the molecule is N[C@@H](CSSC[C@H](N)C(=O)O)C(=O)O.N[C@@H](CSSC[C@H](N)C(=O)O)C(=O)O.N[C@@H](CSSC[C@H](N)C(=O)O)C(=O)O.[Ce].[Ce]. The first-order valence-corrected chi connectivity index (χ1v) is 18.4. The van der Waals surface area contributed by atoms with Gasteiger partial charge in [0.1, 0.15) is 36.3 Å². The number of hydrogen-bond acceptors (Lipinski definition) is 18. The Morgan fingerprint density at radius 3 is 0.500 bits per heavy atom. The second-order valence-corrected chi connectivity index (χ2v) is 15.0. The van der Waals surface area contributed by atoms with E-state index in [9.17, 15) is 28.8 Å². The molecular formula is C18H36Ce2N6O12S6. The molecule has 44 heavy (non-hydrogen) atoms. The van der Waals surface area contributed by atoms with Gasteiger partial charge in [-0.05, 0) is 0 Å². The van der Waals surface area contributed by atoms with Crippen LogP contribution in [-0.4, -0.2) is 137 Å². The minimum absolute atomic E-state index is 0. The Hall–Kier alpha value is 1.43. The maximum absolute atomic E-state index is 10.3. The monoisotopic (exact) mass is 1000 g/mol. The van der Waals surface area contributed by atoms with Crippen LogP contribution in [0.15, 0.2) is 0 Å². The summed E-state index contributed by atoms with van der Waals surface area (Å²) in [5, 5.41) is 50.5. The smallest absolute Gasteiger partial charge is 0.321 e. The quantitative estimate of drug-likeness (QED) is 0.0420. The zero-order chi connectivity index (χ0) is 33.4. The maximum atomic E-state index is 10.3. The Labute approximate surface area is 343 Å². The van der Waals surface area contributed by atoms with Gasteiger partial charge in [-0.25, -0.2) is 0 Å². The molecular weight excluding hydrogens is 965 g/mol. The molecule has 0 aliphatic heterocycles. The third-order valence-corrected chi connectivity index (χ3v) is 11.1. The first kappa shape index (κ1) is 54.9. The molecule has 0 fully saturated rings. The van der Waals surface area contributed by atoms with Gasteiger partial charge in [0.25, 0.3) is 0 Å². The first-order chi connectivity index (χ1) is 19.3. The van der Waals surface area contributed by atoms with Gasteiger partial charge in [0.05, 0.1) is 0 Å². The molecule has 18 N–H and O–H groups in total. The average molecular weight is 1000 g/mol. The summed E-state index contributed by atoms with van der Waals surface area (Å²) in [5.41, 5.74) is 31.3. The van der Waals surface area contributed by atoms with E-state index >= 15 is 0 Å². The van der Waals surface area contributed by atoms with Gasteiger partial charge in [-0.2, -0.15) is 0 Å². The summed E-state index contributed by atoms with van der Waals surface area (Å²) < 4.78 is 0. The van der Waals surface area contributed by atoms with Crippen LogP contribution in [0.5, 0.6) is 0 Å². The number of carboxylic acid groups (broad SMARTS) is 6. The van der Waals surface area contributed by atoms with Crippen LogP contribution in [0.1, 0.15) is 0 Å². The molecule has 0 saturated heterocycles. The number of hydrogen-bond donors (Lipinski definition) is 12. The van der Waals surface area contributed by atoms with E-state index in [1.165, 1.54) is 64.8 Å². The van der Waals surface area contributed by atoms with Crippen molar-refractivity contribution in [1.82, 2.24) is 0 Å². The van der Waals surface area contributed by atoms with Crippen molar-refractivity contribution in [1.29, 1.82) is 0 Å². The van der Waals surface area contributed by atoms with E-state index in [1.54, 1.807) is 0 Å². The maximum Gasteiger partial charge on any atom is 0.321 e. The van der Waals surface area contributed by atoms with E-state index in [0.717, 1.165) is 0 Å². The van der Waals surface area contributed by atoms with Crippen molar-refractivity contribution in [2.24, 2.45) is 34.4 Å². The Morgan fingerprint density at radius 2 is 0.432 bits per heavy atom. The van der Waals surface area contributed by atoms with E-state index in [-0.39, 0.29) is 118 Å².